The number of nitrogens with zero attached hydrogens (tertiary/aromatic N) is 1. The van der Waals surface area contributed by atoms with E-state index < -0.39 is 24.1 Å². The van der Waals surface area contributed by atoms with Gasteiger partial charge in [0.25, 0.3) is 0 Å². The summed E-state index contributed by atoms with van der Waals surface area (Å²) in [5, 5.41) is 1.35. The van der Waals surface area contributed by atoms with E-state index in [0.29, 0.717) is 11.3 Å². The number of esters is 1. The number of ether oxygens (including phenoxy) is 2. The van der Waals surface area contributed by atoms with Gasteiger partial charge in [-0.05, 0) is 12.1 Å². The number of hydrogen-bond acceptors (Lipinski definition) is 6. The first-order valence-corrected chi connectivity index (χ1v) is 5.78. The van der Waals surface area contributed by atoms with Crippen LogP contribution < -0.4 is 5.32 Å². The van der Waals surface area contributed by atoms with E-state index in [-0.39, 0.29) is 9.88 Å². The number of amides is 1. The van der Waals surface area contributed by atoms with E-state index in [1.165, 1.54) is 17.4 Å². The lowest BCUT2D eigenvalue weighted by Gasteiger charge is -2.10. The van der Waals surface area contributed by atoms with Crippen molar-refractivity contribution in [2.24, 2.45) is 4.99 Å². The molecule has 1 heterocycles. The van der Waals surface area contributed by atoms with E-state index in [2.05, 4.69) is 14.5 Å². The van der Waals surface area contributed by atoms with Crippen LogP contribution in [0.15, 0.2) is 17.1 Å². The molecule has 0 aromatic carbocycles. The molecule has 20 heavy (non-hydrogen) atoms. The van der Waals surface area contributed by atoms with Gasteiger partial charge in [-0.3, -0.25) is 5.32 Å². The molecule has 0 aliphatic carbocycles. The highest BCUT2D eigenvalue weighted by atomic mass is 32.1. The zero-order valence-electron chi connectivity index (χ0n) is 10.3. The van der Waals surface area contributed by atoms with E-state index in [0.717, 1.165) is 14.2 Å². The Hall–Kier alpha value is -2.10. The first-order valence-electron chi connectivity index (χ1n) is 4.97. The van der Waals surface area contributed by atoms with Gasteiger partial charge in [-0.2, -0.15) is 13.2 Å². The highest BCUT2D eigenvalue weighted by molar-refractivity contribution is 7.17. The third-order valence-electron chi connectivity index (χ3n) is 1.87. The molecular formula is C10H9F3N2O4S. The maximum atomic E-state index is 12.6. The fourth-order valence-electron chi connectivity index (χ4n) is 1.02. The van der Waals surface area contributed by atoms with Gasteiger partial charge < -0.3 is 9.47 Å². The van der Waals surface area contributed by atoms with Crippen LogP contribution in [0.4, 0.5) is 23.0 Å². The number of carbonyl (C=O) groups is 2. The van der Waals surface area contributed by atoms with Crippen molar-refractivity contribution in [1.29, 1.82) is 0 Å². The molecule has 0 saturated heterocycles. The molecule has 0 fully saturated rings. The van der Waals surface area contributed by atoms with E-state index in [9.17, 15) is 22.8 Å². The number of thiophene rings is 1. The van der Waals surface area contributed by atoms with E-state index in [1.807, 2.05) is 0 Å². The van der Waals surface area contributed by atoms with Crippen LogP contribution in [0.2, 0.25) is 0 Å². The maximum Gasteiger partial charge on any atom is 0.449 e. The van der Waals surface area contributed by atoms with E-state index >= 15 is 0 Å². The lowest BCUT2D eigenvalue weighted by Crippen LogP contribution is -2.40. The molecule has 0 unspecified atom stereocenters. The molecule has 0 aliphatic rings. The SMILES string of the molecule is COC(=O)N/C(=N\c1ccc(C(=O)OC)s1)C(F)(F)F. The van der Waals surface area contributed by atoms with Crippen LogP contribution in [0, 0.1) is 0 Å². The number of alkyl carbamates (subject to hydrolysis) is 1. The van der Waals surface area contributed by atoms with Crippen molar-refractivity contribution in [2.45, 2.75) is 6.18 Å². The minimum absolute atomic E-state index is 0.0887. The molecule has 6 nitrogen and oxygen atoms in total. The zero-order chi connectivity index (χ0) is 15.3. The lowest BCUT2D eigenvalue weighted by atomic mass is 10.5. The third-order valence-corrected chi connectivity index (χ3v) is 2.83. The minimum Gasteiger partial charge on any atom is -0.465 e. The molecule has 1 aromatic rings. The monoisotopic (exact) mass is 310 g/mol. The van der Waals surface area contributed by atoms with Gasteiger partial charge in [0.05, 0.1) is 14.2 Å². The molecule has 110 valence electrons. The normalized spacial score (nSPS) is 11.9. The molecule has 0 atom stereocenters. The summed E-state index contributed by atoms with van der Waals surface area (Å²) >= 11 is 0.691. The number of nitrogens with one attached hydrogen (secondary N) is 1. The van der Waals surface area contributed by atoms with Crippen LogP contribution in [-0.2, 0) is 9.47 Å². The molecule has 0 saturated carbocycles. The van der Waals surface area contributed by atoms with Gasteiger partial charge in [0.1, 0.15) is 9.88 Å². The predicted molar refractivity (Wildman–Crippen MR) is 64.3 cm³/mol. The largest absolute Gasteiger partial charge is 0.465 e. The average molecular weight is 310 g/mol. The molecule has 1 rings (SSSR count). The Morgan fingerprint density at radius 2 is 1.90 bits per heavy atom. The van der Waals surface area contributed by atoms with Gasteiger partial charge in [0.15, 0.2) is 0 Å². The van der Waals surface area contributed by atoms with Crippen molar-refractivity contribution >= 4 is 34.2 Å². The van der Waals surface area contributed by atoms with Crippen molar-refractivity contribution in [1.82, 2.24) is 5.32 Å². The number of aliphatic imine (C=N–C) groups is 1. The van der Waals surface area contributed by atoms with Gasteiger partial charge in [-0.1, -0.05) is 0 Å². The summed E-state index contributed by atoms with van der Waals surface area (Å²) in [7, 11) is 2.06. The highest BCUT2D eigenvalue weighted by Gasteiger charge is 2.37. The summed E-state index contributed by atoms with van der Waals surface area (Å²) in [6.45, 7) is 0. The molecule has 0 aliphatic heterocycles. The number of amidine groups is 1. The zero-order valence-corrected chi connectivity index (χ0v) is 11.1. The first kappa shape index (κ1) is 16.0. The van der Waals surface area contributed by atoms with Gasteiger partial charge in [-0.25, -0.2) is 14.6 Å². The molecule has 10 heteroatoms. The Balaban J connectivity index is 3.04. The number of carbonyl (C=O) groups excluding carboxylic acids is 2. The van der Waals surface area contributed by atoms with Gasteiger partial charge in [0, 0.05) is 0 Å². The number of alkyl halides is 3. The lowest BCUT2D eigenvalue weighted by molar-refractivity contribution is -0.0615. The first-order chi connectivity index (χ1) is 9.27. The Labute approximate surface area is 115 Å². The van der Waals surface area contributed by atoms with Crippen molar-refractivity contribution in [3.05, 3.63) is 17.0 Å². The predicted octanol–water partition coefficient (Wildman–Crippen LogP) is 2.48. The van der Waals surface area contributed by atoms with Gasteiger partial charge in [0.2, 0.25) is 5.84 Å². The fraction of sp³-hybridized carbons (Fsp3) is 0.300. The maximum absolute atomic E-state index is 12.6. The summed E-state index contributed by atoms with van der Waals surface area (Å²) in [5.74, 6) is -2.23. The van der Waals surface area contributed by atoms with Crippen molar-refractivity contribution < 1.29 is 32.2 Å². The van der Waals surface area contributed by atoms with Crippen molar-refractivity contribution in [3.63, 3.8) is 0 Å². The average Bonchev–Trinajstić information content (AvgIpc) is 2.84. The number of methoxy groups -OCH3 is 2. The minimum atomic E-state index is -4.87. The van der Waals surface area contributed by atoms with Gasteiger partial charge in [-0.15, -0.1) is 11.3 Å². The molecule has 0 bridgehead atoms. The second kappa shape index (κ2) is 6.37. The summed E-state index contributed by atoms with van der Waals surface area (Å²) < 4.78 is 46.4. The molecule has 1 aromatic heterocycles. The Bertz CT molecular complexity index is 539. The third kappa shape index (κ3) is 4.23. The number of hydrogen-bond donors (Lipinski definition) is 1. The molecule has 1 N–H and O–H groups in total. The molecule has 0 radical (unpaired) electrons. The number of rotatable bonds is 2. The summed E-state index contributed by atoms with van der Waals surface area (Å²) in [4.78, 5) is 25.3. The molecular weight excluding hydrogens is 301 g/mol. The van der Waals surface area contributed by atoms with E-state index in [1.54, 1.807) is 0 Å². The van der Waals surface area contributed by atoms with Gasteiger partial charge >= 0.3 is 18.2 Å². The van der Waals surface area contributed by atoms with Crippen molar-refractivity contribution in [3.8, 4) is 0 Å². The van der Waals surface area contributed by atoms with Crippen LogP contribution in [0.25, 0.3) is 0 Å². The molecule has 0 spiro atoms. The quantitative estimate of drug-likeness (QED) is 0.517. The van der Waals surface area contributed by atoms with Crippen LogP contribution in [-0.4, -0.2) is 38.3 Å². The summed E-state index contributed by atoms with van der Waals surface area (Å²) in [6, 6.07) is 2.46. The Kier molecular flexibility index (Phi) is 5.08. The highest BCUT2D eigenvalue weighted by Crippen LogP contribution is 2.28. The summed E-state index contributed by atoms with van der Waals surface area (Å²) in [5.41, 5.74) is 0. The Morgan fingerprint density at radius 1 is 1.25 bits per heavy atom. The van der Waals surface area contributed by atoms with Crippen LogP contribution in [0.5, 0.6) is 0 Å². The second-order valence-corrected chi connectivity index (χ2v) is 4.27. The molecule has 1 amide bonds. The second-order valence-electron chi connectivity index (χ2n) is 3.20. The standard InChI is InChI=1S/C10H9F3N2O4S/c1-18-7(16)5-3-4-6(20-5)14-8(10(11,12)13)15-9(17)19-2/h3-4H,1-2H3,(H,14,15,17). The summed E-state index contributed by atoms with van der Waals surface area (Å²) in [6.07, 6.45) is -6.17. The van der Waals surface area contributed by atoms with Crippen LogP contribution >= 0.6 is 11.3 Å². The Morgan fingerprint density at radius 3 is 2.40 bits per heavy atom. The fourth-order valence-corrected chi connectivity index (χ4v) is 1.82. The van der Waals surface area contributed by atoms with Crippen LogP contribution in [0.3, 0.4) is 0 Å². The number of halogens is 3. The topological polar surface area (TPSA) is 77.0 Å². The van der Waals surface area contributed by atoms with Crippen LogP contribution in [0.1, 0.15) is 9.67 Å². The van der Waals surface area contributed by atoms with E-state index in [4.69, 9.17) is 0 Å². The smallest absolute Gasteiger partial charge is 0.449 e. The van der Waals surface area contributed by atoms with Crippen molar-refractivity contribution in [2.75, 3.05) is 14.2 Å².